The molecule has 0 saturated carbocycles. The van der Waals surface area contributed by atoms with Gasteiger partial charge in [-0.1, -0.05) is 97.7 Å². The van der Waals surface area contributed by atoms with Crippen molar-refractivity contribution in [2.75, 3.05) is 0 Å². The molecule has 0 saturated heterocycles. The third-order valence-electron chi connectivity index (χ3n) is 9.18. The molecule has 0 radical (unpaired) electrons. The number of allylic oxidation sites excluding steroid dienone is 10. The zero-order valence-corrected chi connectivity index (χ0v) is 33.1. The quantitative estimate of drug-likeness (QED) is 0.0455. The van der Waals surface area contributed by atoms with Crippen molar-refractivity contribution >= 4 is 11.9 Å². The van der Waals surface area contributed by atoms with Gasteiger partial charge in [-0.25, -0.2) is 4.79 Å². The van der Waals surface area contributed by atoms with E-state index in [0.717, 1.165) is 35.1 Å². The Balaban J connectivity index is 2.79. The molecule has 0 aliphatic carbocycles. The minimum Gasteiger partial charge on any atom is -0.462 e. The van der Waals surface area contributed by atoms with E-state index in [-0.39, 0.29) is 48.8 Å². The number of rotatable bonds is 17. The molecule has 0 aromatic heterocycles. The molecule has 52 heavy (non-hydrogen) atoms. The molecular weight excluding hydrogens is 660 g/mol. The first-order chi connectivity index (χ1) is 24.4. The topological polar surface area (TPSA) is 154 Å². The number of hydrogen-bond donors (Lipinski definition) is 5. The Morgan fingerprint density at radius 3 is 2.15 bits per heavy atom. The number of esters is 2. The van der Waals surface area contributed by atoms with Gasteiger partial charge in [-0.2, -0.15) is 0 Å². The molecular formula is C43H68O9. The molecule has 1 aliphatic heterocycles. The first kappa shape index (κ1) is 46.9. The number of aliphatic hydroxyl groups excluding tert-OH is 5. The van der Waals surface area contributed by atoms with Crippen LogP contribution in [0.2, 0.25) is 0 Å². The minimum atomic E-state index is -1.07. The van der Waals surface area contributed by atoms with E-state index in [2.05, 4.69) is 19.9 Å². The van der Waals surface area contributed by atoms with Crippen LogP contribution in [0.15, 0.2) is 83.1 Å². The first-order valence-electron chi connectivity index (χ1n) is 18.9. The highest BCUT2D eigenvalue weighted by Gasteiger charge is 2.25. The maximum Gasteiger partial charge on any atom is 0.331 e. The van der Waals surface area contributed by atoms with Crippen molar-refractivity contribution in [2.24, 2.45) is 17.8 Å². The Hall–Kier alpha value is -3.08. The van der Waals surface area contributed by atoms with E-state index in [1.807, 2.05) is 71.1 Å². The van der Waals surface area contributed by atoms with Crippen LogP contribution < -0.4 is 0 Å². The molecule has 0 fully saturated rings. The van der Waals surface area contributed by atoms with E-state index in [0.29, 0.717) is 25.7 Å². The lowest BCUT2D eigenvalue weighted by atomic mass is 9.90. The zero-order valence-electron chi connectivity index (χ0n) is 33.1. The summed E-state index contributed by atoms with van der Waals surface area (Å²) in [6, 6.07) is 0. The molecule has 294 valence electrons. The average Bonchev–Trinajstić information content (AvgIpc) is 3.03. The van der Waals surface area contributed by atoms with E-state index in [4.69, 9.17) is 9.47 Å². The van der Waals surface area contributed by atoms with Crippen LogP contribution in [0.1, 0.15) is 114 Å². The summed E-state index contributed by atoms with van der Waals surface area (Å²) in [4.78, 5) is 25.7. The van der Waals surface area contributed by atoms with Gasteiger partial charge < -0.3 is 35.0 Å². The molecule has 0 amide bonds. The summed E-state index contributed by atoms with van der Waals surface area (Å²) >= 11 is 0. The summed E-state index contributed by atoms with van der Waals surface area (Å²) in [7, 11) is 0. The summed E-state index contributed by atoms with van der Waals surface area (Å²) in [5, 5.41) is 49.4. The minimum absolute atomic E-state index is 0.0633. The van der Waals surface area contributed by atoms with Gasteiger partial charge in [-0.15, -0.1) is 0 Å². The monoisotopic (exact) mass is 728 g/mol. The Labute approximate surface area is 313 Å². The van der Waals surface area contributed by atoms with Gasteiger partial charge in [0.05, 0.1) is 30.5 Å². The molecule has 0 aromatic rings. The van der Waals surface area contributed by atoms with Gasteiger partial charge in [0.1, 0.15) is 12.2 Å². The van der Waals surface area contributed by atoms with Crippen LogP contribution in [0.5, 0.6) is 0 Å². The normalized spacial score (nSPS) is 24.7. The van der Waals surface area contributed by atoms with Gasteiger partial charge in [0.25, 0.3) is 0 Å². The molecule has 0 aromatic carbocycles. The zero-order chi connectivity index (χ0) is 39.4. The lowest BCUT2D eigenvalue weighted by molar-refractivity contribution is -0.151. The molecule has 5 N–H and O–H groups in total. The standard InChI is InChI=1S/C43H68O9/c1-28(14-12-15-29(2)25-38(47)39(48)27-36(9)45)22-30(3)20-21-43(50)51-40-18-13-19-42(49)52-41(17-11-10-16-32(40)5)34(7)24-31(4)23-33(6)37(46)26-35(8)44/h10-12,14-15,20-23,25,32-41,44-48H,13,16-19,24,26-27H2,1-9H3/t32-,33+,34-,35+,36-,37+,38-,39-,40-,41+/m0/s1. The summed E-state index contributed by atoms with van der Waals surface area (Å²) in [6.45, 7) is 17.0. The maximum absolute atomic E-state index is 12.9. The number of aliphatic hydroxyl groups is 5. The Bertz CT molecular complexity index is 1300. The van der Waals surface area contributed by atoms with E-state index < -0.39 is 36.5 Å². The maximum atomic E-state index is 12.9. The smallest absolute Gasteiger partial charge is 0.331 e. The third kappa shape index (κ3) is 20.8. The molecule has 0 bridgehead atoms. The predicted molar refractivity (Wildman–Crippen MR) is 208 cm³/mol. The summed E-state index contributed by atoms with van der Waals surface area (Å²) in [6.07, 6.45) is 17.5. The first-order valence-corrected chi connectivity index (χ1v) is 18.9. The van der Waals surface area contributed by atoms with Crippen molar-refractivity contribution in [1.29, 1.82) is 0 Å². The second-order valence-corrected chi connectivity index (χ2v) is 15.1. The Morgan fingerprint density at radius 2 is 1.50 bits per heavy atom. The van der Waals surface area contributed by atoms with Crippen molar-refractivity contribution in [3.05, 3.63) is 83.1 Å². The molecule has 0 spiro atoms. The predicted octanol–water partition coefficient (Wildman–Crippen LogP) is 7.15. The lowest BCUT2D eigenvalue weighted by Crippen LogP contribution is -2.27. The van der Waals surface area contributed by atoms with E-state index in [1.165, 1.54) is 6.08 Å². The highest BCUT2D eigenvalue weighted by molar-refractivity contribution is 5.82. The van der Waals surface area contributed by atoms with Crippen LogP contribution >= 0.6 is 0 Å². The van der Waals surface area contributed by atoms with E-state index in [9.17, 15) is 35.1 Å². The fourth-order valence-electron chi connectivity index (χ4n) is 6.18. The Morgan fingerprint density at radius 1 is 0.865 bits per heavy atom. The molecule has 0 unspecified atom stereocenters. The second kappa shape index (κ2) is 25.0. The summed E-state index contributed by atoms with van der Waals surface area (Å²) < 4.78 is 11.8. The highest BCUT2D eigenvalue weighted by atomic mass is 16.5. The fraction of sp³-hybridized carbons (Fsp3) is 0.628. The van der Waals surface area contributed by atoms with Crippen molar-refractivity contribution in [3.63, 3.8) is 0 Å². The number of hydrogen-bond acceptors (Lipinski definition) is 9. The van der Waals surface area contributed by atoms with Gasteiger partial charge in [0, 0.05) is 31.3 Å². The van der Waals surface area contributed by atoms with Crippen LogP contribution in [-0.4, -0.2) is 80.2 Å². The van der Waals surface area contributed by atoms with Crippen LogP contribution in [0.25, 0.3) is 0 Å². The molecule has 10 atom stereocenters. The number of cyclic esters (lactones) is 1. The van der Waals surface area contributed by atoms with Gasteiger partial charge >= 0.3 is 11.9 Å². The summed E-state index contributed by atoms with van der Waals surface area (Å²) in [5.74, 6) is -0.652. The van der Waals surface area contributed by atoms with Gasteiger partial charge in [-0.3, -0.25) is 4.79 Å². The van der Waals surface area contributed by atoms with Gasteiger partial charge in [-0.05, 0) is 85.5 Å². The van der Waals surface area contributed by atoms with E-state index >= 15 is 0 Å². The summed E-state index contributed by atoms with van der Waals surface area (Å²) in [5.41, 5.74) is 3.68. The average molecular weight is 729 g/mol. The number of carbonyl (C=O) groups is 2. The SMILES string of the molecule is CC(=CC=CC(C)=C[C@H](O)[C@@H](O)C[C@H](C)O)C=C(C)C=CC(=O)O[C@H]1CCCC(=O)O[C@@H]([C@@H](C)CC(C)=C[C@@H](C)[C@H](O)C[C@@H](C)O)CC=CC[C@@H]1C. The molecule has 1 heterocycles. The lowest BCUT2D eigenvalue weighted by Gasteiger charge is -2.26. The van der Waals surface area contributed by atoms with Gasteiger partial charge in [0.2, 0.25) is 0 Å². The number of carbonyl (C=O) groups excluding carboxylic acids is 2. The van der Waals surface area contributed by atoms with Crippen molar-refractivity contribution < 1.29 is 44.6 Å². The second-order valence-electron chi connectivity index (χ2n) is 15.1. The Kier molecular flexibility index (Phi) is 22.6. The molecule has 1 aliphatic rings. The van der Waals surface area contributed by atoms with Gasteiger partial charge in [0.15, 0.2) is 0 Å². The van der Waals surface area contributed by atoms with Crippen LogP contribution in [-0.2, 0) is 19.1 Å². The van der Waals surface area contributed by atoms with Crippen LogP contribution in [0.3, 0.4) is 0 Å². The molecule has 9 heteroatoms. The van der Waals surface area contributed by atoms with Crippen molar-refractivity contribution in [2.45, 2.75) is 156 Å². The fourth-order valence-corrected chi connectivity index (χ4v) is 6.18. The van der Waals surface area contributed by atoms with Crippen LogP contribution in [0, 0.1) is 17.8 Å². The highest BCUT2D eigenvalue weighted by Crippen LogP contribution is 2.26. The van der Waals surface area contributed by atoms with E-state index in [1.54, 1.807) is 26.0 Å². The third-order valence-corrected chi connectivity index (χ3v) is 9.18. The largest absolute Gasteiger partial charge is 0.462 e. The molecule has 1 rings (SSSR count). The van der Waals surface area contributed by atoms with Crippen molar-refractivity contribution in [3.8, 4) is 0 Å². The number of ether oxygens (including phenoxy) is 2. The van der Waals surface area contributed by atoms with Crippen molar-refractivity contribution in [1.82, 2.24) is 0 Å². The molecule has 9 nitrogen and oxygen atoms in total. The van der Waals surface area contributed by atoms with Crippen LogP contribution in [0.4, 0.5) is 0 Å².